The van der Waals surface area contributed by atoms with Gasteiger partial charge in [0.1, 0.15) is 0 Å². The highest BCUT2D eigenvalue weighted by molar-refractivity contribution is 6.02. The van der Waals surface area contributed by atoms with Gasteiger partial charge in [-0.2, -0.15) is 0 Å². The fourth-order valence-corrected chi connectivity index (χ4v) is 1.57. The summed E-state index contributed by atoms with van der Waals surface area (Å²) in [5.74, 6) is 5.73. The highest BCUT2D eigenvalue weighted by Crippen LogP contribution is 2.01. The predicted octanol–water partition coefficient (Wildman–Crippen LogP) is 3.88. The summed E-state index contributed by atoms with van der Waals surface area (Å²) in [7, 11) is 0. The molecule has 0 aliphatic heterocycles. The summed E-state index contributed by atoms with van der Waals surface area (Å²) >= 11 is 0. The van der Waals surface area contributed by atoms with Crippen LogP contribution >= 0.6 is 0 Å². The Bertz CT molecular complexity index is 668. The Morgan fingerprint density at radius 3 is 2.20 bits per heavy atom. The number of hydrogen-bond acceptors (Lipinski definition) is 1. The lowest BCUT2D eigenvalue weighted by Crippen LogP contribution is -1.83. The molecule has 0 aromatic heterocycles. The van der Waals surface area contributed by atoms with Crippen LogP contribution in [-0.2, 0) is 4.79 Å². The van der Waals surface area contributed by atoms with Gasteiger partial charge in [-0.25, -0.2) is 0 Å². The van der Waals surface area contributed by atoms with Crippen molar-refractivity contribution in [2.45, 2.75) is 0 Å². The maximum atomic E-state index is 11.6. The van der Waals surface area contributed by atoms with Crippen molar-refractivity contribution in [2.24, 2.45) is 0 Å². The fourth-order valence-electron chi connectivity index (χ4n) is 1.57. The zero-order valence-corrected chi connectivity index (χ0v) is 11.0. The molecule has 1 heteroatoms. The van der Waals surface area contributed by atoms with Crippen LogP contribution in [0.1, 0.15) is 11.1 Å². The normalized spacial score (nSPS) is 10.4. The molecule has 0 saturated carbocycles. The number of rotatable bonds is 3. The maximum absolute atomic E-state index is 11.6. The molecule has 0 heterocycles. The molecule has 0 spiro atoms. The molecule has 0 unspecified atom stereocenters. The van der Waals surface area contributed by atoms with E-state index in [2.05, 4.69) is 11.8 Å². The van der Waals surface area contributed by atoms with Gasteiger partial charge in [-0.15, -0.1) is 0 Å². The van der Waals surface area contributed by atoms with Gasteiger partial charge in [-0.05, 0) is 35.9 Å². The van der Waals surface area contributed by atoms with Gasteiger partial charge < -0.3 is 0 Å². The largest absolute Gasteiger partial charge is 0.290 e. The van der Waals surface area contributed by atoms with Crippen molar-refractivity contribution in [1.82, 2.24) is 0 Å². The van der Waals surface area contributed by atoms with Crippen LogP contribution in [0.5, 0.6) is 0 Å². The van der Waals surface area contributed by atoms with Crippen molar-refractivity contribution in [2.75, 3.05) is 0 Å². The van der Waals surface area contributed by atoms with Gasteiger partial charge >= 0.3 is 0 Å². The number of ketones is 1. The second kappa shape index (κ2) is 7.56. The summed E-state index contributed by atoms with van der Waals surface area (Å²) < 4.78 is 0. The lowest BCUT2D eigenvalue weighted by atomic mass is 10.2. The molecular weight excluding hydrogens is 244 g/mol. The second-order valence-corrected chi connectivity index (χ2v) is 4.12. The molecular formula is C19H14O. The van der Waals surface area contributed by atoms with Gasteiger partial charge in [0.2, 0.25) is 0 Å². The van der Waals surface area contributed by atoms with Gasteiger partial charge in [-0.1, -0.05) is 66.4 Å². The Kier molecular flexibility index (Phi) is 5.13. The quantitative estimate of drug-likeness (QED) is 0.603. The van der Waals surface area contributed by atoms with Crippen LogP contribution in [0, 0.1) is 11.8 Å². The molecule has 2 aromatic rings. The molecule has 1 nitrogen and oxygen atoms in total. The Morgan fingerprint density at radius 1 is 0.850 bits per heavy atom. The number of benzene rings is 2. The summed E-state index contributed by atoms with van der Waals surface area (Å²) in [4.78, 5) is 11.6. The van der Waals surface area contributed by atoms with Crippen LogP contribution in [0.4, 0.5) is 0 Å². The van der Waals surface area contributed by atoms with Crippen molar-refractivity contribution in [3.05, 3.63) is 90.0 Å². The van der Waals surface area contributed by atoms with Crippen LogP contribution in [0.3, 0.4) is 0 Å². The fraction of sp³-hybridized carbons (Fsp3) is 0. The lowest BCUT2D eigenvalue weighted by molar-refractivity contribution is -0.110. The van der Waals surface area contributed by atoms with Gasteiger partial charge in [0.15, 0.2) is 5.78 Å². The topological polar surface area (TPSA) is 17.1 Å². The van der Waals surface area contributed by atoms with E-state index in [4.69, 9.17) is 0 Å². The Hall–Kier alpha value is -2.85. The van der Waals surface area contributed by atoms with Crippen LogP contribution in [0.15, 0.2) is 78.9 Å². The molecule has 2 rings (SSSR count). The molecule has 0 amide bonds. The standard InChI is InChI=1S/C19H14O/c20-19(16-15-18-11-5-2-6-12-18)14-8-7-13-17-9-3-1-4-10-17/h1-6,8-12,14-16H/b14-8+,16-15+. The van der Waals surface area contributed by atoms with E-state index in [9.17, 15) is 4.79 Å². The minimum atomic E-state index is -0.0729. The van der Waals surface area contributed by atoms with Crippen molar-refractivity contribution < 1.29 is 4.79 Å². The molecule has 0 N–H and O–H groups in total. The van der Waals surface area contributed by atoms with Crippen LogP contribution < -0.4 is 0 Å². The summed E-state index contributed by atoms with van der Waals surface area (Å²) in [5.41, 5.74) is 1.94. The van der Waals surface area contributed by atoms with E-state index in [1.165, 1.54) is 12.2 Å². The summed E-state index contributed by atoms with van der Waals surface area (Å²) in [6.07, 6.45) is 6.37. The monoisotopic (exact) mass is 258 g/mol. The molecule has 20 heavy (non-hydrogen) atoms. The summed E-state index contributed by atoms with van der Waals surface area (Å²) in [6, 6.07) is 19.4. The maximum Gasteiger partial charge on any atom is 0.179 e. The number of hydrogen-bond donors (Lipinski definition) is 0. The SMILES string of the molecule is O=C(/C=C/C#Cc1ccccc1)/C=C/c1ccccc1. The van der Waals surface area contributed by atoms with Crippen LogP contribution in [-0.4, -0.2) is 5.78 Å². The van der Waals surface area contributed by atoms with E-state index in [0.717, 1.165) is 11.1 Å². The highest BCUT2D eigenvalue weighted by Gasteiger charge is 1.88. The highest BCUT2D eigenvalue weighted by atomic mass is 16.1. The first kappa shape index (κ1) is 13.6. The number of carbonyl (C=O) groups is 1. The average molecular weight is 258 g/mol. The molecule has 0 aliphatic carbocycles. The van der Waals surface area contributed by atoms with Crippen molar-refractivity contribution in [3.8, 4) is 11.8 Å². The zero-order chi connectivity index (χ0) is 14.0. The van der Waals surface area contributed by atoms with Gasteiger partial charge in [0.25, 0.3) is 0 Å². The van der Waals surface area contributed by atoms with Crippen LogP contribution in [0.25, 0.3) is 6.08 Å². The number of carbonyl (C=O) groups excluding carboxylic acids is 1. The average Bonchev–Trinajstić information content (AvgIpc) is 2.52. The Morgan fingerprint density at radius 2 is 1.50 bits per heavy atom. The zero-order valence-electron chi connectivity index (χ0n) is 11.0. The van der Waals surface area contributed by atoms with Gasteiger partial charge in [-0.3, -0.25) is 4.79 Å². The first-order valence-electron chi connectivity index (χ1n) is 6.35. The molecule has 0 radical (unpaired) electrons. The first-order chi connectivity index (χ1) is 9.84. The Labute approximate surface area is 119 Å². The smallest absolute Gasteiger partial charge is 0.179 e. The summed E-state index contributed by atoms with van der Waals surface area (Å²) in [6.45, 7) is 0. The van der Waals surface area contributed by atoms with E-state index in [0.29, 0.717) is 0 Å². The van der Waals surface area contributed by atoms with Gasteiger partial charge in [0, 0.05) is 5.56 Å². The molecule has 0 saturated heterocycles. The van der Waals surface area contributed by atoms with E-state index in [-0.39, 0.29) is 5.78 Å². The van der Waals surface area contributed by atoms with E-state index < -0.39 is 0 Å². The van der Waals surface area contributed by atoms with Gasteiger partial charge in [0.05, 0.1) is 0 Å². The molecule has 2 aromatic carbocycles. The molecule has 0 fully saturated rings. The lowest BCUT2D eigenvalue weighted by Gasteiger charge is -1.89. The molecule has 0 atom stereocenters. The first-order valence-corrected chi connectivity index (χ1v) is 6.35. The third kappa shape index (κ3) is 4.80. The van der Waals surface area contributed by atoms with E-state index in [1.807, 2.05) is 60.7 Å². The Balaban J connectivity index is 1.91. The van der Waals surface area contributed by atoms with E-state index >= 15 is 0 Å². The molecule has 0 aliphatic rings. The molecule has 96 valence electrons. The third-order valence-corrected chi connectivity index (χ3v) is 2.56. The third-order valence-electron chi connectivity index (χ3n) is 2.56. The second-order valence-electron chi connectivity index (χ2n) is 4.12. The number of allylic oxidation sites excluding steroid dienone is 3. The van der Waals surface area contributed by atoms with Crippen molar-refractivity contribution in [1.29, 1.82) is 0 Å². The van der Waals surface area contributed by atoms with Crippen molar-refractivity contribution in [3.63, 3.8) is 0 Å². The van der Waals surface area contributed by atoms with Crippen LogP contribution in [0.2, 0.25) is 0 Å². The van der Waals surface area contributed by atoms with E-state index in [1.54, 1.807) is 12.2 Å². The minimum absolute atomic E-state index is 0.0729. The summed E-state index contributed by atoms with van der Waals surface area (Å²) in [5, 5.41) is 0. The minimum Gasteiger partial charge on any atom is -0.290 e. The predicted molar refractivity (Wildman–Crippen MR) is 82.9 cm³/mol. The van der Waals surface area contributed by atoms with Crippen molar-refractivity contribution >= 4 is 11.9 Å². The molecule has 0 bridgehead atoms.